The number of likely N-dealkylation sites (N-methyl/N-ethyl adjacent to an activating group) is 1. The average molecular weight is 329 g/mol. The standard InChI is InChI=1S/C15H19N7S/c1-10-17-18-14-4-5-15(19-22(10)14)21-7-12(8-21)20(3)9-13-6-16-11(2)23-13/h4-6,12H,7-9H2,1-3H3. The van der Waals surface area contributed by atoms with Crippen LogP contribution < -0.4 is 4.90 Å². The van der Waals surface area contributed by atoms with Crippen LogP contribution in [0.25, 0.3) is 5.65 Å². The molecule has 0 atom stereocenters. The van der Waals surface area contributed by atoms with Gasteiger partial charge in [0.15, 0.2) is 11.5 Å². The fraction of sp³-hybridized carbons (Fsp3) is 0.467. The molecular formula is C15H19N7S. The molecule has 1 fully saturated rings. The zero-order valence-corrected chi connectivity index (χ0v) is 14.3. The molecule has 4 heterocycles. The Morgan fingerprint density at radius 3 is 2.83 bits per heavy atom. The number of nitrogens with zero attached hydrogens (tertiary/aromatic N) is 7. The third-order valence-corrected chi connectivity index (χ3v) is 5.19. The molecule has 0 aromatic carbocycles. The van der Waals surface area contributed by atoms with Gasteiger partial charge in [-0.05, 0) is 33.0 Å². The van der Waals surface area contributed by atoms with Gasteiger partial charge in [0.05, 0.1) is 5.01 Å². The van der Waals surface area contributed by atoms with E-state index in [9.17, 15) is 0 Å². The normalized spacial score (nSPS) is 15.6. The molecule has 0 saturated carbocycles. The number of aryl methyl sites for hydroxylation is 2. The number of rotatable bonds is 4. The highest BCUT2D eigenvalue weighted by Gasteiger charge is 2.31. The third-order valence-electron chi connectivity index (χ3n) is 4.29. The zero-order chi connectivity index (χ0) is 16.0. The number of hydrogen-bond donors (Lipinski definition) is 0. The van der Waals surface area contributed by atoms with Crippen LogP contribution in [0.3, 0.4) is 0 Å². The van der Waals surface area contributed by atoms with Crippen LogP contribution in [-0.4, -0.2) is 55.9 Å². The Morgan fingerprint density at radius 2 is 2.09 bits per heavy atom. The lowest BCUT2D eigenvalue weighted by atomic mass is 10.1. The van der Waals surface area contributed by atoms with Gasteiger partial charge in [-0.2, -0.15) is 4.52 Å². The quantitative estimate of drug-likeness (QED) is 0.723. The maximum Gasteiger partial charge on any atom is 0.178 e. The first-order valence-corrected chi connectivity index (χ1v) is 8.47. The molecule has 0 aliphatic carbocycles. The molecule has 1 saturated heterocycles. The van der Waals surface area contributed by atoms with Crippen molar-refractivity contribution in [3.8, 4) is 0 Å². The second kappa shape index (κ2) is 5.54. The van der Waals surface area contributed by atoms with Gasteiger partial charge in [-0.15, -0.1) is 26.6 Å². The first kappa shape index (κ1) is 14.5. The lowest BCUT2D eigenvalue weighted by Crippen LogP contribution is -2.58. The van der Waals surface area contributed by atoms with Crippen LogP contribution in [0.1, 0.15) is 15.7 Å². The van der Waals surface area contributed by atoms with Gasteiger partial charge in [-0.25, -0.2) is 4.98 Å². The highest BCUT2D eigenvalue weighted by molar-refractivity contribution is 7.11. The molecule has 1 aliphatic heterocycles. The van der Waals surface area contributed by atoms with Crippen LogP contribution in [0, 0.1) is 13.8 Å². The minimum atomic E-state index is 0.553. The second-order valence-corrected chi connectivity index (χ2v) is 7.35. The molecule has 0 amide bonds. The maximum atomic E-state index is 4.63. The fourth-order valence-electron chi connectivity index (χ4n) is 2.83. The minimum absolute atomic E-state index is 0.553. The summed E-state index contributed by atoms with van der Waals surface area (Å²) >= 11 is 1.77. The van der Waals surface area contributed by atoms with Gasteiger partial charge in [0, 0.05) is 36.8 Å². The van der Waals surface area contributed by atoms with Crippen LogP contribution in [0.2, 0.25) is 0 Å². The Labute approximate surface area is 138 Å². The van der Waals surface area contributed by atoms with Crippen LogP contribution in [-0.2, 0) is 6.54 Å². The summed E-state index contributed by atoms with van der Waals surface area (Å²) in [5.41, 5.74) is 0.793. The number of anilines is 1. The Bertz CT molecular complexity index is 833. The summed E-state index contributed by atoms with van der Waals surface area (Å²) in [5.74, 6) is 1.80. The summed E-state index contributed by atoms with van der Waals surface area (Å²) in [6.07, 6.45) is 1.98. The van der Waals surface area contributed by atoms with E-state index in [4.69, 9.17) is 0 Å². The summed E-state index contributed by atoms with van der Waals surface area (Å²) in [7, 11) is 2.18. The highest BCUT2D eigenvalue weighted by Crippen LogP contribution is 2.23. The van der Waals surface area contributed by atoms with Crippen molar-refractivity contribution in [1.82, 2.24) is 29.7 Å². The predicted molar refractivity (Wildman–Crippen MR) is 89.8 cm³/mol. The largest absolute Gasteiger partial charge is 0.352 e. The molecule has 7 nitrogen and oxygen atoms in total. The van der Waals surface area contributed by atoms with Gasteiger partial charge in [0.2, 0.25) is 0 Å². The van der Waals surface area contributed by atoms with Crippen molar-refractivity contribution >= 4 is 22.8 Å². The predicted octanol–water partition coefficient (Wildman–Crippen LogP) is 1.52. The first-order chi connectivity index (χ1) is 11.1. The summed E-state index contributed by atoms with van der Waals surface area (Å²) in [6, 6.07) is 4.54. The average Bonchev–Trinajstić information content (AvgIpc) is 3.04. The van der Waals surface area contributed by atoms with Gasteiger partial charge in [0.1, 0.15) is 5.82 Å². The van der Waals surface area contributed by atoms with Crippen molar-refractivity contribution in [1.29, 1.82) is 0 Å². The molecule has 0 spiro atoms. The minimum Gasteiger partial charge on any atom is -0.352 e. The van der Waals surface area contributed by atoms with E-state index in [-0.39, 0.29) is 0 Å². The zero-order valence-electron chi connectivity index (χ0n) is 13.5. The molecule has 1 aliphatic rings. The molecule has 0 N–H and O–H groups in total. The lowest BCUT2D eigenvalue weighted by molar-refractivity contribution is 0.198. The van der Waals surface area contributed by atoms with Crippen LogP contribution in [0.4, 0.5) is 5.82 Å². The van der Waals surface area contributed by atoms with E-state index >= 15 is 0 Å². The molecule has 0 bridgehead atoms. The van der Waals surface area contributed by atoms with Crippen molar-refractivity contribution < 1.29 is 0 Å². The molecule has 23 heavy (non-hydrogen) atoms. The summed E-state index contributed by atoms with van der Waals surface area (Å²) < 4.78 is 1.80. The smallest absolute Gasteiger partial charge is 0.178 e. The number of fused-ring (bicyclic) bond motifs is 1. The molecule has 3 aromatic rings. The Hall–Kier alpha value is -2.06. The summed E-state index contributed by atoms with van der Waals surface area (Å²) in [4.78, 5) is 10.3. The van der Waals surface area contributed by atoms with E-state index in [1.54, 1.807) is 15.9 Å². The molecule has 0 radical (unpaired) electrons. The van der Waals surface area contributed by atoms with Gasteiger partial charge in [-0.1, -0.05) is 0 Å². The van der Waals surface area contributed by atoms with Crippen molar-refractivity contribution in [2.24, 2.45) is 0 Å². The fourth-order valence-corrected chi connectivity index (χ4v) is 3.69. The van der Waals surface area contributed by atoms with Crippen LogP contribution in [0.15, 0.2) is 18.3 Å². The van der Waals surface area contributed by atoms with Crippen molar-refractivity contribution in [2.75, 3.05) is 25.0 Å². The van der Waals surface area contributed by atoms with Gasteiger partial charge in [-0.3, -0.25) is 4.90 Å². The number of hydrogen-bond acceptors (Lipinski definition) is 7. The maximum absolute atomic E-state index is 4.63. The summed E-state index contributed by atoms with van der Waals surface area (Å²) in [5, 5.41) is 13.9. The summed E-state index contributed by atoms with van der Waals surface area (Å²) in [6.45, 7) is 6.91. The van der Waals surface area contributed by atoms with E-state index < -0.39 is 0 Å². The monoisotopic (exact) mass is 329 g/mol. The van der Waals surface area contributed by atoms with E-state index in [0.717, 1.165) is 41.9 Å². The Kier molecular flexibility index (Phi) is 3.50. The third kappa shape index (κ3) is 2.68. The number of thiazole rings is 1. The van der Waals surface area contributed by atoms with Crippen molar-refractivity contribution in [3.63, 3.8) is 0 Å². The Balaban J connectivity index is 1.40. The molecular weight excluding hydrogens is 310 g/mol. The van der Waals surface area contributed by atoms with Crippen molar-refractivity contribution in [3.05, 3.63) is 34.0 Å². The first-order valence-electron chi connectivity index (χ1n) is 7.66. The van der Waals surface area contributed by atoms with E-state index in [1.165, 1.54) is 4.88 Å². The van der Waals surface area contributed by atoms with Gasteiger partial charge >= 0.3 is 0 Å². The highest BCUT2D eigenvalue weighted by atomic mass is 32.1. The molecule has 4 rings (SSSR count). The SMILES string of the molecule is Cc1ncc(CN(C)C2CN(c3ccc4nnc(C)n4n3)C2)s1. The topological polar surface area (TPSA) is 62.5 Å². The van der Waals surface area contributed by atoms with E-state index in [1.807, 2.05) is 32.2 Å². The van der Waals surface area contributed by atoms with Gasteiger partial charge in [0.25, 0.3) is 0 Å². The van der Waals surface area contributed by atoms with Crippen molar-refractivity contribution in [2.45, 2.75) is 26.4 Å². The second-order valence-electron chi connectivity index (χ2n) is 6.03. The molecule has 120 valence electrons. The van der Waals surface area contributed by atoms with E-state index in [0.29, 0.717) is 6.04 Å². The number of aromatic nitrogens is 5. The molecule has 0 unspecified atom stereocenters. The molecule has 8 heteroatoms. The van der Waals surface area contributed by atoms with E-state index in [2.05, 4.69) is 37.1 Å². The van der Waals surface area contributed by atoms with Crippen LogP contribution >= 0.6 is 11.3 Å². The lowest BCUT2D eigenvalue weighted by Gasteiger charge is -2.44. The van der Waals surface area contributed by atoms with Gasteiger partial charge < -0.3 is 4.90 Å². The van der Waals surface area contributed by atoms with Crippen LogP contribution in [0.5, 0.6) is 0 Å². The Morgan fingerprint density at radius 1 is 1.26 bits per heavy atom. The molecule has 3 aromatic heterocycles.